The average Bonchev–Trinajstić information content (AvgIpc) is 3.70. The second-order valence-electron chi connectivity index (χ2n) is 8.35. The van der Waals surface area contributed by atoms with Crippen molar-refractivity contribution in [2.45, 2.75) is 33.6 Å². The van der Waals surface area contributed by atoms with Crippen molar-refractivity contribution < 1.29 is 0 Å². The fraction of sp³-hybridized carbons (Fsp3) is 0.172. The van der Waals surface area contributed by atoms with Crippen molar-refractivity contribution in [3.05, 3.63) is 82.0 Å². The molecule has 0 unspecified atom stereocenters. The maximum Gasteiger partial charge on any atom is 0.0481 e. The Bertz CT molecular complexity index is 1590. The second kappa shape index (κ2) is 9.92. The zero-order chi connectivity index (χ0) is 23.9. The molecular weight excluding hydrogens is 541 g/mol. The summed E-state index contributed by atoms with van der Waals surface area (Å²) >= 11 is 11.5. The molecule has 0 aliphatic rings. The fourth-order valence-electron chi connectivity index (χ4n) is 4.21. The van der Waals surface area contributed by atoms with E-state index in [4.69, 9.17) is 0 Å². The van der Waals surface area contributed by atoms with Gasteiger partial charge in [0.25, 0.3) is 0 Å². The van der Waals surface area contributed by atoms with Gasteiger partial charge in [-0.1, -0.05) is 13.8 Å². The largest absolute Gasteiger partial charge is 0.143 e. The molecule has 0 atom stereocenters. The molecule has 0 N–H and O–H groups in total. The molecular formula is C29H24S6. The molecule has 6 rings (SSSR count). The zero-order valence-electron chi connectivity index (χ0n) is 19.7. The number of thiophene rings is 6. The minimum atomic E-state index is 1.07. The zero-order valence-corrected chi connectivity index (χ0v) is 24.6. The van der Waals surface area contributed by atoms with Crippen LogP contribution in [0.4, 0.5) is 0 Å². The lowest BCUT2D eigenvalue weighted by Crippen LogP contribution is -1.78. The molecule has 35 heavy (non-hydrogen) atoms. The Labute approximate surface area is 230 Å². The highest BCUT2D eigenvalue weighted by atomic mass is 32.1. The summed E-state index contributed by atoms with van der Waals surface area (Å²) in [5, 5.41) is 2.23. The van der Waals surface area contributed by atoms with Gasteiger partial charge in [-0.2, -0.15) is 0 Å². The quantitative estimate of drug-likeness (QED) is 0.181. The number of hydrogen-bond acceptors (Lipinski definition) is 6. The first-order valence-corrected chi connectivity index (χ1v) is 16.7. The van der Waals surface area contributed by atoms with E-state index in [1.165, 1.54) is 64.8 Å². The molecule has 0 aromatic carbocycles. The summed E-state index contributed by atoms with van der Waals surface area (Å²) in [4.78, 5) is 15.3. The van der Waals surface area contributed by atoms with Crippen LogP contribution in [0.5, 0.6) is 0 Å². The van der Waals surface area contributed by atoms with Gasteiger partial charge in [0.2, 0.25) is 0 Å². The number of rotatable bonds is 7. The van der Waals surface area contributed by atoms with E-state index in [0.29, 0.717) is 0 Å². The van der Waals surface area contributed by atoms with Crippen LogP contribution in [0.15, 0.2) is 66.0 Å². The maximum atomic E-state index is 2.43. The van der Waals surface area contributed by atoms with Crippen molar-refractivity contribution in [3.63, 3.8) is 0 Å². The van der Waals surface area contributed by atoms with Crippen LogP contribution in [0.2, 0.25) is 0 Å². The molecule has 0 radical (unpaired) electrons. The summed E-state index contributed by atoms with van der Waals surface area (Å²) in [6.45, 7) is 6.70. The monoisotopic (exact) mass is 564 g/mol. The molecule has 6 heterocycles. The van der Waals surface area contributed by atoms with Crippen LogP contribution in [-0.2, 0) is 12.8 Å². The minimum Gasteiger partial charge on any atom is -0.143 e. The predicted octanol–water partition coefficient (Wildman–Crippen LogP) is 11.8. The highest BCUT2D eigenvalue weighted by Gasteiger charge is 2.17. The highest BCUT2D eigenvalue weighted by molar-refractivity contribution is 7.30. The Morgan fingerprint density at radius 1 is 0.486 bits per heavy atom. The van der Waals surface area contributed by atoms with Crippen molar-refractivity contribution in [2.24, 2.45) is 0 Å². The van der Waals surface area contributed by atoms with Crippen molar-refractivity contribution >= 4 is 68.0 Å². The van der Waals surface area contributed by atoms with Crippen molar-refractivity contribution in [1.29, 1.82) is 0 Å². The molecule has 0 saturated carbocycles. The van der Waals surface area contributed by atoms with Crippen LogP contribution < -0.4 is 0 Å². The van der Waals surface area contributed by atoms with Crippen molar-refractivity contribution in [2.75, 3.05) is 0 Å². The normalized spacial score (nSPS) is 11.5. The van der Waals surface area contributed by atoms with Crippen LogP contribution in [0.3, 0.4) is 0 Å². The summed E-state index contributed by atoms with van der Waals surface area (Å²) < 4.78 is 0. The first kappa shape index (κ1) is 23.6. The molecule has 176 valence electrons. The predicted molar refractivity (Wildman–Crippen MR) is 164 cm³/mol. The van der Waals surface area contributed by atoms with E-state index >= 15 is 0 Å². The molecule has 0 amide bonds. The molecule has 0 fully saturated rings. The molecule has 0 spiro atoms. The van der Waals surface area contributed by atoms with Crippen LogP contribution in [0.1, 0.15) is 29.9 Å². The topological polar surface area (TPSA) is 0 Å². The first-order chi connectivity index (χ1) is 17.1. The molecule has 6 aromatic rings. The molecule has 0 bridgehead atoms. The fourth-order valence-corrected chi connectivity index (χ4v) is 10.9. The van der Waals surface area contributed by atoms with E-state index in [1.807, 2.05) is 68.0 Å². The van der Waals surface area contributed by atoms with Crippen LogP contribution >= 0.6 is 68.0 Å². The molecule has 0 aliphatic carbocycles. The lowest BCUT2D eigenvalue weighted by Gasteiger charge is -1.97. The summed E-state index contributed by atoms with van der Waals surface area (Å²) in [5.74, 6) is 0. The smallest absolute Gasteiger partial charge is 0.0481 e. The third-order valence-electron chi connectivity index (χ3n) is 6.05. The summed E-state index contributed by atoms with van der Waals surface area (Å²) in [7, 11) is 0. The van der Waals surface area contributed by atoms with Gasteiger partial charge in [0.1, 0.15) is 0 Å². The van der Waals surface area contributed by atoms with Gasteiger partial charge in [-0.15, -0.1) is 68.0 Å². The van der Waals surface area contributed by atoms with E-state index in [1.54, 1.807) is 0 Å². The summed E-state index contributed by atoms with van der Waals surface area (Å²) in [6, 6.07) is 22.9. The van der Waals surface area contributed by atoms with E-state index in [9.17, 15) is 0 Å². The summed E-state index contributed by atoms with van der Waals surface area (Å²) in [6.07, 6.45) is 2.16. The van der Waals surface area contributed by atoms with Gasteiger partial charge in [-0.25, -0.2) is 0 Å². The van der Waals surface area contributed by atoms with Crippen LogP contribution in [-0.4, -0.2) is 0 Å². The molecule has 0 saturated heterocycles. The molecule has 0 aliphatic heterocycles. The van der Waals surface area contributed by atoms with E-state index in [-0.39, 0.29) is 0 Å². The van der Waals surface area contributed by atoms with Gasteiger partial charge >= 0.3 is 0 Å². The molecule has 6 heteroatoms. The van der Waals surface area contributed by atoms with Crippen LogP contribution in [0.25, 0.3) is 48.8 Å². The van der Waals surface area contributed by atoms with Gasteiger partial charge in [0.15, 0.2) is 0 Å². The second-order valence-corrected chi connectivity index (χ2v) is 14.9. The number of aryl methyl sites for hydroxylation is 3. The Hall–Kier alpha value is -1.80. The Balaban J connectivity index is 1.28. The standard InChI is InChI=1S/C29H24S6/c1-4-18-14-15-30-28(18)27-16-19(5-2)29(35-27)26-13-12-25(34-26)24-11-10-23(33-24)22-9-8-21(32-22)20-7-6-17(3)31-20/h6-16H,4-5H2,1-3H3. The van der Waals surface area contributed by atoms with Gasteiger partial charge < -0.3 is 0 Å². The first-order valence-electron chi connectivity index (χ1n) is 11.7. The van der Waals surface area contributed by atoms with E-state index in [2.05, 4.69) is 86.8 Å². The highest BCUT2D eigenvalue weighted by Crippen LogP contribution is 2.47. The van der Waals surface area contributed by atoms with Gasteiger partial charge in [-0.3, -0.25) is 0 Å². The third kappa shape index (κ3) is 4.57. The lowest BCUT2D eigenvalue weighted by molar-refractivity contribution is 1.15. The van der Waals surface area contributed by atoms with Gasteiger partial charge in [0.05, 0.1) is 0 Å². The van der Waals surface area contributed by atoms with Crippen molar-refractivity contribution in [3.8, 4) is 48.8 Å². The van der Waals surface area contributed by atoms with E-state index in [0.717, 1.165) is 12.8 Å². The Morgan fingerprint density at radius 2 is 1.00 bits per heavy atom. The van der Waals surface area contributed by atoms with Gasteiger partial charge in [0, 0.05) is 53.6 Å². The SMILES string of the molecule is CCc1ccsc1-c1cc(CC)c(-c2ccc(-c3ccc(-c4ccc(-c5ccc(C)s5)s4)s3)s2)s1. The average molecular weight is 565 g/mol. The number of hydrogen-bond donors (Lipinski definition) is 0. The molecule has 6 aromatic heterocycles. The maximum absolute atomic E-state index is 2.43. The van der Waals surface area contributed by atoms with Gasteiger partial charge in [-0.05, 0) is 96.9 Å². The lowest BCUT2D eigenvalue weighted by atomic mass is 10.1. The van der Waals surface area contributed by atoms with Crippen molar-refractivity contribution in [1.82, 2.24) is 0 Å². The summed E-state index contributed by atoms with van der Waals surface area (Å²) in [5.41, 5.74) is 2.94. The minimum absolute atomic E-state index is 1.07. The van der Waals surface area contributed by atoms with E-state index < -0.39 is 0 Å². The van der Waals surface area contributed by atoms with Crippen LogP contribution in [0, 0.1) is 6.92 Å². The third-order valence-corrected chi connectivity index (χ3v) is 13.4. The molecule has 0 nitrogen and oxygen atoms in total. The Kier molecular flexibility index (Phi) is 6.69. The Morgan fingerprint density at radius 3 is 1.54 bits per heavy atom.